The van der Waals surface area contributed by atoms with Gasteiger partial charge in [0.2, 0.25) is 0 Å². The average molecular weight is 325 g/mol. The number of likely N-dealkylation sites (N-methyl/N-ethyl adjacent to an activating group) is 1. The third-order valence-electron chi connectivity index (χ3n) is 5.89. The second-order valence-electron chi connectivity index (χ2n) is 7.47. The number of carbonyl (C=O) groups is 1. The van der Waals surface area contributed by atoms with Crippen LogP contribution in [0.4, 0.5) is 0 Å². The van der Waals surface area contributed by atoms with E-state index in [1.54, 1.807) is 0 Å². The van der Waals surface area contributed by atoms with E-state index in [4.69, 9.17) is 0 Å². The molecule has 0 aromatic rings. The van der Waals surface area contributed by atoms with Crippen LogP contribution in [0.5, 0.6) is 0 Å². The first-order valence-electron chi connectivity index (χ1n) is 9.16. The summed E-state index contributed by atoms with van der Waals surface area (Å²) in [5.74, 6) is 0.219. The quantitative estimate of drug-likeness (QED) is 0.737. The first-order chi connectivity index (χ1) is 11.6. The molecule has 1 amide bonds. The molecular weight excluding hydrogens is 298 g/mol. The maximum atomic E-state index is 13.1. The van der Waals surface area contributed by atoms with Crippen molar-refractivity contribution in [1.82, 2.24) is 14.7 Å². The Bertz CT molecular complexity index is 650. The lowest BCUT2D eigenvalue weighted by molar-refractivity contribution is -0.128. The van der Waals surface area contributed by atoms with Crippen molar-refractivity contribution in [2.24, 2.45) is 0 Å². The molecule has 3 heterocycles. The smallest absolute Gasteiger partial charge is 0.254 e. The molecule has 0 aromatic carbocycles. The normalized spacial score (nSPS) is 30.9. The van der Waals surface area contributed by atoms with Gasteiger partial charge in [0.1, 0.15) is 0 Å². The van der Waals surface area contributed by atoms with Gasteiger partial charge in [-0.1, -0.05) is 36.0 Å². The van der Waals surface area contributed by atoms with Crippen LogP contribution < -0.4 is 0 Å². The van der Waals surface area contributed by atoms with E-state index in [9.17, 15) is 4.79 Å². The van der Waals surface area contributed by atoms with Crippen molar-refractivity contribution in [3.63, 3.8) is 0 Å². The molecule has 0 N–H and O–H groups in total. The fraction of sp³-hybridized carbons (Fsp3) is 0.550. The van der Waals surface area contributed by atoms with E-state index in [1.165, 1.54) is 17.6 Å². The minimum Gasteiger partial charge on any atom is -0.336 e. The summed E-state index contributed by atoms with van der Waals surface area (Å²) >= 11 is 0. The zero-order valence-electron chi connectivity index (χ0n) is 14.7. The van der Waals surface area contributed by atoms with Crippen LogP contribution in [0.15, 0.2) is 47.1 Å². The second-order valence-corrected chi connectivity index (χ2v) is 7.47. The van der Waals surface area contributed by atoms with Crippen molar-refractivity contribution in [1.29, 1.82) is 0 Å². The monoisotopic (exact) mass is 325 g/mol. The Hall–Kier alpha value is -1.65. The molecule has 0 radical (unpaired) electrons. The molecule has 0 spiro atoms. The zero-order chi connectivity index (χ0) is 16.7. The van der Waals surface area contributed by atoms with E-state index in [0.29, 0.717) is 6.04 Å². The lowest BCUT2D eigenvalue weighted by Gasteiger charge is -2.40. The average Bonchev–Trinajstić information content (AvgIpc) is 2.89. The van der Waals surface area contributed by atoms with Gasteiger partial charge in [0.15, 0.2) is 0 Å². The van der Waals surface area contributed by atoms with Crippen LogP contribution in [0.1, 0.15) is 19.8 Å². The molecule has 0 saturated carbocycles. The highest BCUT2D eigenvalue weighted by Gasteiger charge is 2.36. The van der Waals surface area contributed by atoms with Gasteiger partial charge < -0.3 is 9.80 Å². The summed E-state index contributed by atoms with van der Waals surface area (Å²) in [7, 11) is 2.12. The Kier molecular flexibility index (Phi) is 4.19. The summed E-state index contributed by atoms with van der Waals surface area (Å²) in [6.45, 7) is 6.79. The number of rotatable bonds is 1. The molecule has 3 aliphatic heterocycles. The van der Waals surface area contributed by atoms with Crippen molar-refractivity contribution < 1.29 is 4.79 Å². The van der Waals surface area contributed by atoms with Gasteiger partial charge in [-0.2, -0.15) is 0 Å². The van der Waals surface area contributed by atoms with Gasteiger partial charge >= 0.3 is 0 Å². The van der Waals surface area contributed by atoms with Crippen molar-refractivity contribution in [2.45, 2.75) is 31.8 Å². The summed E-state index contributed by atoms with van der Waals surface area (Å²) < 4.78 is 0. The summed E-state index contributed by atoms with van der Waals surface area (Å²) in [5, 5.41) is 0. The summed E-state index contributed by atoms with van der Waals surface area (Å²) in [6.07, 6.45) is 13.4. The minimum absolute atomic E-state index is 0.219. The predicted octanol–water partition coefficient (Wildman–Crippen LogP) is 1.98. The third kappa shape index (κ3) is 2.78. The maximum Gasteiger partial charge on any atom is 0.254 e. The van der Waals surface area contributed by atoms with Gasteiger partial charge in [0.25, 0.3) is 5.91 Å². The van der Waals surface area contributed by atoms with Crippen molar-refractivity contribution in [3.8, 4) is 0 Å². The van der Waals surface area contributed by atoms with Crippen LogP contribution >= 0.6 is 0 Å². The maximum absolute atomic E-state index is 13.1. The van der Waals surface area contributed by atoms with E-state index in [1.807, 2.05) is 4.90 Å². The number of hydrogen-bond donors (Lipinski definition) is 0. The van der Waals surface area contributed by atoms with Crippen molar-refractivity contribution >= 4 is 5.91 Å². The van der Waals surface area contributed by atoms with Gasteiger partial charge in [0.05, 0.1) is 6.04 Å². The van der Waals surface area contributed by atoms with Gasteiger partial charge in [-0.25, -0.2) is 0 Å². The molecule has 4 heteroatoms. The van der Waals surface area contributed by atoms with Crippen LogP contribution in [0.25, 0.3) is 0 Å². The fourth-order valence-electron chi connectivity index (χ4n) is 4.23. The van der Waals surface area contributed by atoms with Gasteiger partial charge in [0, 0.05) is 44.3 Å². The molecule has 1 aliphatic carbocycles. The summed E-state index contributed by atoms with van der Waals surface area (Å²) in [6, 6.07) is 0.805. The third-order valence-corrected chi connectivity index (χ3v) is 5.89. The Morgan fingerprint density at radius 3 is 2.79 bits per heavy atom. The Morgan fingerprint density at radius 2 is 2.00 bits per heavy atom. The SMILES string of the molecule is CC1CCC2=CC3C(=CC=C2)C(C(=O)N2CCN(C)CC2)=CCN13. The number of amides is 1. The molecular formula is C20H27N3O. The van der Waals surface area contributed by atoms with E-state index in [-0.39, 0.29) is 11.9 Å². The molecule has 2 unspecified atom stereocenters. The first kappa shape index (κ1) is 15.9. The van der Waals surface area contributed by atoms with E-state index < -0.39 is 0 Å². The predicted molar refractivity (Wildman–Crippen MR) is 96.7 cm³/mol. The zero-order valence-corrected chi connectivity index (χ0v) is 14.7. The molecule has 128 valence electrons. The molecule has 1 fully saturated rings. The van der Waals surface area contributed by atoms with Gasteiger partial charge in [-0.05, 0) is 32.4 Å². The van der Waals surface area contributed by atoms with Crippen molar-refractivity contribution in [3.05, 3.63) is 47.1 Å². The van der Waals surface area contributed by atoms with Crippen LogP contribution in [-0.4, -0.2) is 72.5 Å². The minimum atomic E-state index is 0.219. The molecule has 1 saturated heterocycles. The molecule has 2 bridgehead atoms. The standard InChI is InChI=1S/C20H27N3O/c1-15-6-7-16-4-3-5-17-18(8-9-23(15)19(17)14-16)20(24)22-12-10-21(2)11-13-22/h3-5,8,14-15,19H,6-7,9-13H2,1-2H3. The molecule has 24 heavy (non-hydrogen) atoms. The highest BCUT2D eigenvalue weighted by molar-refractivity contribution is 5.99. The highest BCUT2D eigenvalue weighted by Crippen LogP contribution is 2.35. The van der Waals surface area contributed by atoms with Gasteiger partial charge in [-0.3, -0.25) is 9.69 Å². The molecule has 0 aromatic heterocycles. The van der Waals surface area contributed by atoms with Gasteiger partial charge in [-0.15, -0.1) is 0 Å². The van der Waals surface area contributed by atoms with Crippen molar-refractivity contribution in [2.75, 3.05) is 39.8 Å². The Morgan fingerprint density at radius 1 is 1.21 bits per heavy atom. The number of hydrogen-bond acceptors (Lipinski definition) is 3. The Labute approximate surface area is 144 Å². The van der Waals surface area contributed by atoms with E-state index >= 15 is 0 Å². The van der Waals surface area contributed by atoms with Crippen LogP contribution in [0, 0.1) is 0 Å². The summed E-state index contributed by atoms with van der Waals surface area (Å²) in [4.78, 5) is 20.0. The van der Waals surface area contributed by atoms with E-state index in [0.717, 1.165) is 44.7 Å². The van der Waals surface area contributed by atoms with E-state index in [2.05, 4.69) is 54.2 Å². The first-order valence-corrected chi connectivity index (χ1v) is 9.16. The lowest BCUT2D eigenvalue weighted by atomic mass is 9.90. The topological polar surface area (TPSA) is 26.8 Å². The van der Waals surface area contributed by atoms with Crippen LogP contribution in [0.2, 0.25) is 0 Å². The Balaban J connectivity index is 1.64. The van der Waals surface area contributed by atoms with Crippen LogP contribution in [-0.2, 0) is 4.79 Å². The van der Waals surface area contributed by atoms with Crippen LogP contribution in [0.3, 0.4) is 0 Å². The number of allylic oxidation sites excluding steroid dienone is 4. The molecule has 4 rings (SSSR count). The largest absolute Gasteiger partial charge is 0.336 e. The number of piperazine rings is 1. The summed E-state index contributed by atoms with van der Waals surface area (Å²) in [5.41, 5.74) is 3.52. The number of nitrogens with zero attached hydrogens (tertiary/aromatic N) is 3. The molecule has 4 aliphatic rings. The molecule has 4 nitrogen and oxygen atoms in total. The lowest BCUT2D eigenvalue weighted by Crippen LogP contribution is -2.50. The number of carbonyl (C=O) groups excluding carboxylic acids is 1. The fourth-order valence-corrected chi connectivity index (χ4v) is 4.23. The molecule has 2 atom stereocenters. The second kappa shape index (κ2) is 6.34. The highest BCUT2D eigenvalue weighted by atomic mass is 16.2.